The second-order valence-corrected chi connectivity index (χ2v) is 10.1. The quantitative estimate of drug-likeness (QED) is 0.596. The summed E-state index contributed by atoms with van der Waals surface area (Å²) in [6, 6.07) is 0. The second-order valence-electron chi connectivity index (χ2n) is 10.1. The number of ether oxygens (including phenoxy) is 1. The first kappa shape index (κ1) is 18.5. The van der Waals surface area contributed by atoms with Crippen molar-refractivity contribution in [3.8, 4) is 0 Å². The van der Waals surface area contributed by atoms with Gasteiger partial charge in [0.2, 0.25) is 0 Å². The van der Waals surface area contributed by atoms with Gasteiger partial charge in [-0.1, -0.05) is 26.3 Å². The average Bonchev–Trinajstić information content (AvgIpc) is 2.88. The summed E-state index contributed by atoms with van der Waals surface area (Å²) in [4.78, 5) is 11.9. The molecule has 2 bridgehead atoms. The van der Waals surface area contributed by atoms with E-state index in [-0.39, 0.29) is 41.5 Å². The molecule has 3 saturated carbocycles. The van der Waals surface area contributed by atoms with Crippen LogP contribution in [-0.4, -0.2) is 35.5 Å². The lowest BCUT2D eigenvalue weighted by Crippen LogP contribution is -2.62. The molecule has 4 aliphatic rings. The van der Waals surface area contributed by atoms with Crippen LogP contribution in [0.2, 0.25) is 0 Å². The maximum absolute atomic E-state index is 11.9. The Kier molecular flexibility index (Phi) is 4.31. The van der Waals surface area contributed by atoms with E-state index in [9.17, 15) is 15.0 Å². The highest BCUT2D eigenvalue weighted by atomic mass is 16.5. The lowest BCUT2D eigenvalue weighted by Gasteiger charge is -2.65. The van der Waals surface area contributed by atoms with E-state index in [0.717, 1.165) is 44.1 Å². The Morgan fingerprint density at radius 3 is 2.65 bits per heavy atom. The molecule has 7 atom stereocenters. The van der Waals surface area contributed by atoms with Gasteiger partial charge in [-0.25, -0.2) is 0 Å². The third-order valence-electron chi connectivity index (χ3n) is 8.83. The number of hydrogen-bond acceptors (Lipinski definition) is 4. The number of aliphatic hydroxyl groups is 2. The predicted molar refractivity (Wildman–Crippen MR) is 99.2 cm³/mol. The first-order valence-electron chi connectivity index (χ1n) is 10.4. The van der Waals surface area contributed by atoms with Crippen molar-refractivity contribution >= 4 is 5.97 Å². The summed E-state index contributed by atoms with van der Waals surface area (Å²) in [5, 5.41) is 20.1. The normalized spacial score (nSPS) is 49.8. The molecule has 0 aliphatic heterocycles. The highest BCUT2D eigenvalue weighted by Crippen LogP contribution is 2.71. The van der Waals surface area contributed by atoms with Crippen LogP contribution in [0.25, 0.3) is 0 Å². The van der Waals surface area contributed by atoms with E-state index in [4.69, 9.17) is 4.74 Å². The Balaban J connectivity index is 1.81. The van der Waals surface area contributed by atoms with E-state index in [0.29, 0.717) is 17.8 Å². The summed E-state index contributed by atoms with van der Waals surface area (Å²) in [6.45, 7) is 6.51. The van der Waals surface area contributed by atoms with Crippen LogP contribution < -0.4 is 0 Å². The van der Waals surface area contributed by atoms with Crippen LogP contribution in [0.1, 0.15) is 65.7 Å². The molecule has 0 radical (unpaired) electrons. The van der Waals surface area contributed by atoms with Crippen molar-refractivity contribution in [1.29, 1.82) is 0 Å². The van der Waals surface area contributed by atoms with Gasteiger partial charge < -0.3 is 14.9 Å². The lowest BCUT2D eigenvalue weighted by molar-refractivity contribution is -0.208. The fourth-order valence-electron chi connectivity index (χ4n) is 7.78. The van der Waals surface area contributed by atoms with E-state index >= 15 is 0 Å². The number of rotatable bonds is 3. The minimum absolute atomic E-state index is 0.0913. The average molecular weight is 363 g/mol. The Morgan fingerprint density at radius 1 is 1.23 bits per heavy atom. The van der Waals surface area contributed by atoms with Crippen LogP contribution in [0.4, 0.5) is 0 Å². The van der Waals surface area contributed by atoms with Crippen LogP contribution in [0.3, 0.4) is 0 Å². The molecule has 0 aromatic rings. The smallest absolute Gasteiger partial charge is 0.302 e. The zero-order chi connectivity index (χ0) is 18.7. The van der Waals surface area contributed by atoms with Crippen LogP contribution in [0.5, 0.6) is 0 Å². The monoisotopic (exact) mass is 362 g/mol. The molecule has 2 N–H and O–H groups in total. The molecular weight excluding hydrogens is 328 g/mol. The predicted octanol–water partition coefficient (Wildman–Crippen LogP) is 3.46. The standard InChI is InChI=1S/C22H34O4/c1-14(25)26-19-9-18-20(2,13-24)7-4-8-21(18,3)17-6-5-15-10-22(17,19)11-16(15)12-23/h11,15,17-19,23-24H,4-10,12-13H2,1-3H3/t15-,17+,18+,19+,20-,21+,22-/m1/s1. The molecule has 0 heterocycles. The summed E-state index contributed by atoms with van der Waals surface area (Å²) in [5.41, 5.74) is 1.11. The Labute approximate surface area is 157 Å². The third-order valence-corrected chi connectivity index (χ3v) is 8.83. The van der Waals surface area contributed by atoms with E-state index in [1.54, 1.807) is 0 Å². The topological polar surface area (TPSA) is 66.8 Å². The van der Waals surface area contributed by atoms with Crippen molar-refractivity contribution in [2.45, 2.75) is 71.8 Å². The van der Waals surface area contributed by atoms with Gasteiger partial charge in [0.15, 0.2) is 0 Å². The maximum Gasteiger partial charge on any atom is 0.302 e. The number of carbonyl (C=O) groups excluding carboxylic acids is 1. The molecule has 0 saturated heterocycles. The molecular formula is C22H34O4. The van der Waals surface area contributed by atoms with Crippen molar-refractivity contribution in [2.75, 3.05) is 13.2 Å². The fraction of sp³-hybridized carbons (Fsp3) is 0.864. The number of esters is 1. The third kappa shape index (κ3) is 2.37. The van der Waals surface area contributed by atoms with Crippen molar-refractivity contribution in [1.82, 2.24) is 0 Å². The number of aliphatic hydroxyl groups excluding tert-OH is 2. The van der Waals surface area contributed by atoms with Gasteiger partial charge in [-0.15, -0.1) is 0 Å². The molecule has 0 aromatic carbocycles. The van der Waals surface area contributed by atoms with Gasteiger partial charge in [-0.2, -0.15) is 0 Å². The van der Waals surface area contributed by atoms with E-state index in [1.807, 2.05) is 0 Å². The molecule has 26 heavy (non-hydrogen) atoms. The molecule has 146 valence electrons. The first-order chi connectivity index (χ1) is 12.3. The van der Waals surface area contributed by atoms with Gasteiger partial charge in [0.25, 0.3) is 0 Å². The maximum atomic E-state index is 11.9. The fourth-order valence-corrected chi connectivity index (χ4v) is 7.78. The molecule has 0 aromatic heterocycles. The number of hydrogen-bond donors (Lipinski definition) is 2. The minimum atomic E-state index is -0.207. The molecule has 1 spiro atoms. The van der Waals surface area contributed by atoms with Gasteiger partial charge in [-0.05, 0) is 72.7 Å². The Bertz CT molecular complexity index is 628. The lowest BCUT2D eigenvalue weighted by atomic mass is 9.40. The SMILES string of the molecule is CC(=O)O[C@H]1C[C@H]2[C@@](C)(CO)CCC[C@@]2(C)[C@@H]2CC[C@@H]3C[C@]12C=C3CO. The van der Waals surface area contributed by atoms with Gasteiger partial charge >= 0.3 is 5.97 Å². The summed E-state index contributed by atoms with van der Waals surface area (Å²) in [6.07, 6.45) is 9.72. The van der Waals surface area contributed by atoms with Crippen molar-refractivity contribution in [3.05, 3.63) is 11.6 Å². The van der Waals surface area contributed by atoms with Crippen LogP contribution >= 0.6 is 0 Å². The largest absolute Gasteiger partial charge is 0.462 e. The summed E-state index contributed by atoms with van der Waals surface area (Å²) < 4.78 is 5.96. The molecule has 4 heteroatoms. The molecule has 3 fully saturated rings. The first-order valence-corrected chi connectivity index (χ1v) is 10.4. The molecule has 4 aliphatic carbocycles. The minimum Gasteiger partial charge on any atom is -0.462 e. The Hall–Kier alpha value is -0.870. The van der Waals surface area contributed by atoms with Crippen molar-refractivity contribution < 1.29 is 19.7 Å². The van der Waals surface area contributed by atoms with E-state index < -0.39 is 0 Å². The van der Waals surface area contributed by atoms with Crippen molar-refractivity contribution in [3.63, 3.8) is 0 Å². The highest BCUT2D eigenvalue weighted by Gasteiger charge is 2.66. The molecule has 4 rings (SSSR count). The molecule has 4 nitrogen and oxygen atoms in total. The van der Waals surface area contributed by atoms with Crippen molar-refractivity contribution in [2.24, 2.45) is 34.0 Å². The summed E-state index contributed by atoms with van der Waals surface area (Å²) >= 11 is 0. The van der Waals surface area contributed by atoms with Gasteiger partial charge in [0.05, 0.1) is 6.61 Å². The zero-order valence-corrected chi connectivity index (χ0v) is 16.5. The van der Waals surface area contributed by atoms with Crippen LogP contribution in [0, 0.1) is 34.0 Å². The van der Waals surface area contributed by atoms with Gasteiger partial charge in [0, 0.05) is 18.9 Å². The van der Waals surface area contributed by atoms with Crippen LogP contribution in [-0.2, 0) is 9.53 Å². The number of carbonyl (C=O) groups is 1. The van der Waals surface area contributed by atoms with Gasteiger partial charge in [-0.3, -0.25) is 4.79 Å². The Morgan fingerprint density at radius 2 is 2.00 bits per heavy atom. The number of fused-ring (bicyclic) bond motifs is 3. The molecule has 0 unspecified atom stereocenters. The zero-order valence-electron chi connectivity index (χ0n) is 16.5. The van der Waals surface area contributed by atoms with Crippen LogP contribution in [0.15, 0.2) is 11.6 Å². The second kappa shape index (κ2) is 6.07. The molecule has 0 amide bonds. The summed E-state index contributed by atoms with van der Waals surface area (Å²) in [5.74, 6) is 1.07. The summed E-state index contributed by atoms with van der Waals surface area (Å²) in [7, 11) is 0. The van der Waals surface area contributed by atoms with E-state index in [2.05, 4.69) is 19.9 Å². The highest BCUT2D eigenvalue weighted by molar-refractivity contribution is 5.66. The van der Waals surface area contributed by atoms with Gasteiger partial charge in [0.1, 0.15) is 6.10 Å². The van der Waals surface area contributed by atoms with E-state index in [1.165, 1.54) is 13.3 Å².